The smallest absolute Gasteiger partial charge is 0.337 e. The minimum absolute atomic E-state index is 0.140. The highest BCUT2D eigenvalue weighted by Gasteiger charge is 2.24. The molecule has 0 aliphatic carbocycles. The molecule has 3 aromatic heterocycles. The van der Waals surface area contributed by atoms with Crippen molar-refractivity contribution in [2.45, 2.75) is 32.7 Å². The third-order valence-electron chi connectivity index (χ3n) is 5.46. The summed E-state index contributed by atoms with van der Waals surface area (Å²) in [4.78, 5) is 35.2. The summed E-state index contributed by atoms with van der Waals surface area (Å²) >= 11 is 1.43. The van der Waals surface area contributed by atoms with Gasteiger partial charge < -0.3 is 14.6 Å². The topological polar surface area (TPSA) is 92.6 Å². The van der Waals surface area contributed by atoms with Gasteiger partial charge in [0, 0.05) is 53.4 Å². The van der Waals surface area contributed by atoms with Gasteiger partial charge in [0.05, 0.1) is 12.7 Å². The number of ether oxygens (including phenoxy) is 1. The SMILES string of the molecule is CCCc1cc(=O)n2nc(N3CCc4[nH]c5ccc(C(=O)OC)cc5c4C3)sc2n1. The maximum absolute atomic E-state index is 12.4. The molecule has 0 amide bonds. The van der Waals surface area contributed by atoms with Crippen LogP contribution in [0.3, 0.4) is 0 Å². The molecule has 0 atom stereocenters. The van der Waals surface area contributed by atoms with Gasteiger partial charge in [0.15, 0.2) is 0 Å². The molecule has 0 spiro atoms. The van der Waals surface area contributed by atoms with Gasteiger partial charge in [0.25, 0.3) is 5.56 Å². The van der Waals surface area contributed by atoms with Crippen LogP contribution in [0.4, 0.5) is 5.13 Å². The summed E-state index contributed by atoms with van der Waals surface area (Å²) in [5.41, 5.74) is 4.52. The molecule has 0 unspecified atom stereocenters. The number of rotatable bonds is 4. The Balaban J connectivity index is 1.52. The van der Waals surface area contributed by atoms with Gasteiger partial charge in [-0.1, -0.05) is 24.7 Å². The zero-order valence-corrected chi connectivity index (χ0v) is 17.6. The van der Waals surface area contributed by atoms with E-state index >= 15 is 0 Å². The molecule has 4 aromatic rings. The number of H-pyrrole nitrogens is 1. The lowest BCUT2D eigenvalue weighted by Crippen LogP contribution is -2.30. The fourth-order valence-corrected chi connectivity index (χ4v) is 4.93. The molecule has 5 rings (SSSR count). The quantitative estimate of drug-likeness (QED) is 0.508. The first-order valence-electron chi connectivity index (χ1n) is 9.94. The highest BCUT2D eigenvalue weighted by Crippen LogP contribution is 2.32. The van der Waals surface area contributed by atoms with Crippen molar-refractivity contribution in [1.29, 1.82) is 0 Å². The number of nitrogens with zero attached hydrogens (tertiary/aromatic N) is 4. The summed E-state index contributed by atoms with van der Waals surface area (Å²) in [6.45, 7) is 3.51. The maximum Gasteiger partial charge on any atom is 0.337 e. The van der Waals surface area contributed by atoms with Crippen molar-refractivity contribution in [3.05, 3.63) is 57.1 Å². The number of anilines is 1. The first kappa shape index (κ1) is 18.8. The first-order valence-corrected chi connectivity index (χ1v) is 10.8. The number of esters is 1. The number of hydrogen-bond acceptors (Lipinski definition) is 7. The predicted octanol–water partition coefficient (Wildman–Crippen LogP) is 2.93. The number of carbonyl (C=O) groups is 1. The lowest BCUT2D eigenvalue weighted by atomic mass is 10.0. The Morgan fingerprint density at radius 2 is 2.20 bits per heavy atom. The van der Waals surface area contributed by atoms with Crippen LogP contribution >= 0.6 is 11.3 Å². The molecule has 9 heteroatoms. The van der Waals surface area contributed by atoms with Crippen LogP contribution in [0.15, 0.2) is 29.1 Å². The average Bonchev–Trinajstić information content (AvgIpc) is 3.34. The predicted molar refractivity (Wildman–Crippen MR) is 116 cm³/mol. The molecule has 30 heavy (non-hydrogen) atoms. The van der Waals surface area contributed by atoms with Crippen molar-refractivity contribution < 1.29 is 9.53 Å². The molecule has 1 aromatic carbocycles. The van der Waals surface area contributed by atoms with Crippen molar-refractivity contribution in [1.82, 2.24) is 19.6 Å². The molecule has 154 valence electrons. The average molecular weight is 423 g/mol. The second-order valence-electron chi connectivity index (χ2n) is 7.42. The fourth-order valence-electron chi connectivity index (χ4n) is 3.98. The van der Waals surface area contributed by atoms with Gasteiger partial charge in [0.1, 0.15) is 0 Å². The third-order valence-corrected chi connectivity index (χ3v) is 6.43. The number of aromatic nitrogens is 4. The third kappa shape index (κ3) is 3.06. The van der Waals surface area contributed by atoms with Crippen LogP contribution in [0.25, 0.3) is 15.9 Å². The molecule has 0 radical (unpaired) electrons. The molecule has 4 heterocycles. The van der Waals surface area contributed by atoms with Gasteiger partial charge in [-0.2, -0.15) is 4.52 Å². The van der Waals surface area contributed by atoms with Crippen LogP contribution in [-0.4, -0.2) is 39.2 Å². The number of methoxy groups -OCH3 is 1. The number of hydrogen-bond donors (Lipinski definition) is 1. The van der Waals surface area contributed by atoms with E-state index in [0.29, 0.717) is 17.1 Å². The lowest BCUT2D eigenvalue weighted by Gasteiger charge is -2.26. The molecule has 0 bridgehead atoms. The van der Waals surface area contributed by atoms with E-state index in [0.717, 1.165) is 53.1 Å². The minimum Gasteiger partial charge on any atom is -0.465 e. The molecule has 8 nitrogen and oxygen atoms in total. The maximum atomic E-state index is 12.4. The molecule has 0 saturated carbocycles. The normalized spacial score (nSPS) is 13.7. The first-order chi connectivity index (χ1) is 14.6. The van der Waals surface area contributed by atoms with Gasteiger partial charge in [0.2, 0.25) is 10.1 Å². The van der Waals surface area contributed by atoms with Crippen LogP contribution < -0.4 is 10.5 Å². The second kappa shape index (κ2) is 7.24. The van der Waals surface area contributed by atoms with Gasteiger partial charge in [-0.25, -0.2) is 9.78 Å². The van der Waals surface area contributed by atoms with Crippen LogP contribution in [0.5, 0.6) is 0 Å². The summed E-state index contributed by atoms with van der Waals surface area (Å²) in [5, 5.41) is 6.32. The Bertz CT molecular complexity index is 1340. The Labute approximate surface area is 176 Å². The van der Waals surface area contributed by atoms with Crippen LogP contribution in [0, 0.1) is 0 Å². The van der Waals surface area contributed by atoms with Crippen molar-refractivity contribution in [3.8, 4) is 0 Å². The van der Waals surface area contributed by atoms with E-state index in [-0.39, 0.29) is 11.5 Å². The monoisotopic (exact) mass is 423 g/mol. The summed E-state index contributed by atoms with van der Waals surface area (Å²) in [6.07, 6.45) is 2.55. The summed E-state index contributed by atoms with van der Waals surface area (Å²) < 4.78 is 6.25. The fraction of sp³-hybridized carbons (Fsp3) is 0.333. The number of aromatic amines is 1. The molecule has 0 fully saturated rings. The highest BCUT2D eigenvalue weighted by molar-refractivity contribution is 7.20. The second-order valence-corrected chi connectivity index (χ2v) is 8.35. The number of fused-ring (bicyclic) bond motifs is 4. The van der Waals surface area contributed by atoms with E-state index in [2.05, 4.69) is 26.9 Å². The molecular weight excluding hydrogens is 402 g/mol. The summed E-state index contributed by atoms with van der Waals surface area (Å²) in [7, 11) is 1.38. The van der Waals surface area contributed by atoms with Gasteiger partial charge in [-0.15, -0.1) is 5.10 Å². The zero-order chi connectivity index (χ0) is 20.8. The number of aryl methyl sites for hydroxylation is 1. The molecular formula is C21H21N5O3S. The van der Waals surface area contributed by atoms with Gasteiger partial charge in [-0.3, -0.25) is 4.79 Å². The van der Waals surface area contributed by atoms with E-state index in [4.69, 9.17) is 4.74 Å². The molecule has 1 aliphatic heterocycles. The molecule has 1 aliphatic rings. The van der Waals surface area contributed by atoms with E-state index in [1.54, 1.807) is 12.1 Å². The van der Waals surface area contributed by atoms with E-state index < -0.39 is 0 Å². The summed E-state index contributed by atoms with van der Waals surface area (Å²) in [5.74, 6) is -0.348. The lowest BCUT2D eigenvalue weighted by molar-refractivity contribution is 0.0601. The van der Waals surface area contributed by atoms with Crippen molar-refractivity contribution in [3.63, 3.8) is 0 Å². The minimum atomic E-state index is -0.348. The zero-order valence-electron chi connectivity index (χ0n) is 16.8. The Morgan fingerprint density at radius 1 is 1.33 bits per heavy atom. The molecule has 1 N–H and O–H groups in total. The Morgan fingerprint density at radius 3 is 3.00 bits per heavy atom. The van der Waals surface area contributed by atoms with Crippen LogP contribution in [0.1, 0.15) is 40.7 Å². The van der Waals surface area contributed by atoms with Crippen LogP contribution in [0.2, 0.25) is 0 Å². The van der Waals surface area contributed by atoms with Gasteiger partial charge >= 0.3 is 5.97 Å². The van der Waals surface area contributed by atoms with Crippen LogP contribution in [-0.2, 0) is 24.1 Å². The number of nitrogens with one attached hydrogen (secondary N) is 1. The van der Waals surface area contributed by atoms with Crippen molar-refractivity contribution in [2.75, 3.05) is 18.6 Å². The highest BCUT2D eigenvalue weighted by atomic mass is 32.1. The van der Waals surface area contributed by atoms with E-state index in [9.17, 15) is 9.59 Å². The Kier molecular flexibility index (Phi) is 4.54. The number of benzene rings is 1. The molecule has 0 saturated heterocycles. The summed E-state index contributed by atoms with van der Waals surface area (Å²) in [6, 6.07) is 7.14. The van der Waals surface area contributed by atoms with E-state index in [1.807, 2.05) is 12.1 Å². The van der Waals surface area contributed by atoms with Crippen molar-refractivity contribution >= 4 is 38.3 Å². The van der Waals surface area contributed by atoms with E-state index in [1.165, 1.54) is 28.7 Å². The number of carbonyl (C=O) groups excluding carboxylic acids is 1. The standard InChI is InChI=1S/C21H21N5O3S/c1-3-4-13-10-18(27)26-20(22-13)30-21(24-26)25-8-7-17-15(11-25)14-9-12(19(28)29-2)5-6-16(14)23-17/h5-6,9-10,23H,3-4,7-8,11H2,1-2H3. The Hall–Kier alpha value is -3.20. The van der Waals surface area contributed by atoms with Gasteiger partial charge in [-0.05, 0) is 24.6 Å². The van der Waals surface area contributed by atoms with Crippen molar-refractivity contribution in [2.24, 2.45) is 0 Å². The largest absolute Gasteiger partial charge is 0.465 e.